The van der Waals surface area contributed by atoms with Gasteiger partial charge in [0.25, 0.3) is 0 Å². The van der Waals surface area contributed by atoms with E-state index in [4.69, 9.17) is 15.9 Å². The van der Waals surface area contributed by atoms with Crippen LogP contribution in [0.25, 0.3) is 0 Å². The molecule has 1 aromatic rings. The maximum atomic E-state index is 5.58. The molecule has 0 unspecified atom stereocenters. The fraction of sp³-hybridized carbons (Fsp3) is 0.385. The normalized spacial score (nSPS) is 12.0. The highest BCUT2D eigenvalue weighted by Gasteiger charge is 2.01. The molecule has 0 fully saturated rings. The number of rotatable bonds is 6. The van der Waals surface area contributed by atoms with Crippen LogP contribution in [-0.4, -0.2) is 19.3 Å². The Morgan fingerprint density at radius 2 is 2.07 bits per heavy atom. The van der Waals surface area contributed by atoms with E-state index in [0.717, 1.165) is 0 Å². The van der Waals surface area contributed by atoms with E-state index in [2.05, 4.69) is 5.92 Å². The summed E-state index contributed by atoms with van der Waals surface area (Å²) in [5.41, 5.74) is 1.17. The molecule has 0 N–H and O–H groups in total. The van der Waals surface area contributed by atoms with Crippen LogP contribution in [0.4, 0.5) is 0 Å². The van der Waals surface area contributed by atoms with Crippen LogP contribution in [0.1, 0.15) is 12.5 Å². The number of hydrogen-bond acceptors (Lipinski definition) is 2. The standard InChI is InChI=1S/C13H16O2/c1-3-9-14-10-12(2)15-11-13-7-5-4-6-8-13/h1,4-8,12H,9-11H2,2H3/t12-/m0/s1. The third-order valence-corrected chi connectivity index (χ3v) is 1.92. The van der Waals surface area contributed by atoms with Gasteiger partial charge in [-0.3, -0.25) is 0 Å². The first-order chi connectivity index (χ1) is 7.33. The topological polar surface area (TPSA) is 18.5 Å². The largest absolute Gasteiger partial charge is 0.371 e. The van der Waals surface area contributed by atoms with Gasteiger partial charge in [0.1, 0.15) is 6.61 Å². The molecule has 2 nitrogen and oxygen atoms in total. The van der Waals surface area contributed by atoms with Gasteiger partial charge in [0, 0.05) is 0 Å². The van der Waals surface area contributed by atoms with E-state index in [-0.39, 0.29) is 6.10 Å². The number of hydrogen-bond donors (Lipinski definition) is 0. The molecule has 15 heavy (non-hydrogen) atoms. The van der Waals surface area contributed by atoms with E-state index in [1.54, 1.807) is 0 Å². The van der Waals surface area contributed by atoms with Crippen LogP contribution in [0.2, 0.25) is 0 Å². The molecule has 80 valence electrons. The average Bonchev–Trinajstić information content (AvgIpc) is 2.28. The molecular weight excluding hydrogens is 188 g/mol. The first kappa shape index (κ1) is 11.8. The average molecular weight is 204 g/mol. The molecule has 0 saturated carbocycles. The van der Waals surface area contributed by atoms with E-state index in [1.165, 1.54) is 5.56 Å². The van der Waals surface area contributed by atoms with Gasteiger partial charge >= 0.3 is 0 Å². The van der Waals surface area contributed by atoms with Gasteiger partial charge in [-0.2, -0.15) is 0 Å². The number of ether oxygens (including phenoxy) is 2. The summed E-state index contributed by atoms with van der Waals surface area (Å²) in [6.07, 6.45) is 5.13. The maximum Gasteiger partial charge on any atom is 0.107 e. The monoisotopic (exact) mass is 204 g/mol. The lowest BCUT2D eigenvalue weighted by molar-refractivity contribution is -0.00703. The number of benzene rings is 1. The van der Waals surface area contributed by atoms with Crippen LogP contribution in [-0.2, 0) is 16.1 Å². The zero-order valence-electron chi connectivity index (χ0n) is 8.98. The SMILES string of the molecule is C#CCOC[C@H](C)OCc1ccccc1. The van der Waals surface area contributed by atoms with Crippen molar-refractivity contribution in [2.45, 2.75) is 19.6 Å². The van der Waals surface area contributed by atoms with E-state index in [0.29, 0.717) is 19.8 Å². The van der Waals surface area contributed by atoms with Crippen molar-refractivity contribution in [1.82, 2.24) is 0 Å². The van der Waals surface area contributed by atoms with Crippen LogP contribution >= 0.6 is 0 Å². The Kier molecular flexibility index (Phi) is 5.54. The summed E-state index contributed by atoms with van der Waals surface area (Å²) in [5, 5.41) is 0. The molecule has 0 radical (unpaired) electrons. The summed E-state index contributed by atoms with van der Waals surface area (Å²) in [7, 11) is 0. The maximum absolute atomic E-state index is 5.58. The lowest BCUT2D eigenvalue weighted by atomic mass is 10.2. The predicted molar refractivity (Wildman–Crippen MR) is 60.3 cm³/mol. The predicted octanol–water partition coefficient (Wildman–Crippen LogP) is 2.24. The summed E-state index contributed by atoms with van der Waals surface area (Å²) >= 11 is 0. The van der Waals surface area contributed by atoms with Gasteiger partial charge in [-0.05, 0) is 12.5 Å². The van der Waals surface area contributed by atoms with Crippen molar-refractivity contribution in [3.63, 3.8) is 0 Å². The third-order valence-electron chi connectivity index (χ3n) is 1.92. The molecule has 0 amide bonds. The fourth-order valence-corrected chi connectivity index (χ4v) is 1.14. The molecule has 0 aliphatic heterocycles. The second-order valence-electron chi connectivity index (χ2n) is 3.33. The van der Waals surface area contributed by atoms with Crippen molar-refractivity contribution in [1.29, 1.82) is 0 Å². The molecule has 0 spiro atoms. The number of terminal acetylenes is 1. The summed E-state index contributed by atoms with van der Waals surface area (Å²) in [6, 6.07) is 10.1. The van der Waals surface area contributed by atoms with E-state index in [1.807, 2.05) is 37.3 Å². The van der Waals surface area contributed by atoms with Gasteiger partial charge in [-0.25, -0.2) is 0 Å². The second-order valence-corrected chi connectivity index (χ2v) is 3.33. The first-order valence-corrected chi connectivity index (χ1v) is 4.99. The molecule has 0 aromatic heterocycles. The van der Waals surface area contributed by atoms with Gasteiger partial charge < -0.3 is 9.47 Å². The van der Waals surface area contributed by atoms with E-state index >= 15 is 0 Å². The van der Waals surface area contributed by atoms with Gasteiger partial charge in [-0.1, -0.05) is 36.3 Å². The Labute approximate surface area is 91.2 Å². The molecule has 1 aromatic carbocycles. The molecule has 0 heterocycles. The van der Waals surface area contributed by atoms with Gasteiger partial charge in [0.15, 0.2) is 0 Å². The van der Waals surface area contributed by atoms with Crippen molar-refractivity contribution in [3.05, 3.63) is 35.9 Å². The quantitative estimate of drug-likeness (QED) is 0.522. The molecular formula is C13H16O2. The van der Waals surface area contributed by atoms with E-state index in [9.17, 15) is 0 Å². The van der Waals surface area contributed by atoms with Crippen LogP contribution in [0.3, 0.4) is 0 Å². The zero-order chi connectivity index (χ0) is 10.9. The van der Waals surface area contributed by atoms with Crippen molar-refractivity contribution in [3.8, 4) is 12.3 Å². The van der Waals surface area contributed by atoms with Crippen LogP contribution in [0.5, 0.6) is 0 Å². The lowest BCUT2D eigenvalue weighted by Crippen LogP contribution is -2.15. The van der Waals surface area contributed by atoms with Crippen LogP contribution in [0.15, 0.2) is 30.3 Å². The van der Waals surface area contributed by atoms with Crippen LogP contribution < -0.4 is 0 Å². The lowest BCUT2D eigenvalue weighted by Gasteiger charge is -2.12. The van der Waals surface area contributed by atoms with Crippen molar-refractivity contribution >= 4 is 0 Å². The fourth-order valence-electron chi connectivity index (χ4n) is 1.14. The smallest absolute Gasteiger partial charge is 0.107 e. The van der Waals surface area contributed by atoms with Gasteiger partial charge in [0.05, 0.1) is 19.3 Å². The Balaban J connectivity index is 2.17. The molecule has 0 bridgehead atoms. The zero-order valence-corrected chi connectivity index (χ0v) is 8.98. The minimum Gasteiger partial charge on any atom is -0.371 e. The van der Waals surface area contributed by atoms with Crippen LogP contribution in [0, 0.1) is 12.3 Å². The molecule has 1 atom stereocenters. The Bertz CT molecular complexity index is 300. The third kappa shape index (κ3) is 5.21. The van der Waals surface area contributed by atoms with Gasteiger partial charge in [-0.15, -0.1) is 6.42 Å². The summed E-state index contributed by atoms with van der Waals surface area (Å²) in [5.74, 6) is 2.42. The van der Waals surface area contributed by atoms with E-state index < -0.39 is 0 Å². The molecule has 0 saturated heterocycles. The van der Waals surface area contributed by atoms with Crippen molar-refractivity contribution in [2.75, 3.05) is 13.2 Å². The molecule has 2 heteroatoms. The molecule has 1 rings (SSSR count). The molecule has 0 aliphatic rings. The second kappa shape index (κ2) is 7.05. The summed E-state index contributed by atoms with van der Waals surface area (Å²) in [4.78, 5) is 0. The summed E-state index contributed by atoms with van der Waals surface area (Å²) in [6.45, 7) is 3.47. The highest BCUT2D eigenvalue weighted by atomic mass is 16.5. The summed E-state index contributed by atoms with van der Waals surface area (Å²) < 4.78 is 10.8. The highest BCUT2D eigenvalue weighted by Crippen LogP contribution is 2.03. The minimum absolute atomic E-state index is 0.0681. The Morgan fingerprint density at radius 1 is 1.33 bits per heavy atom. The first-order valence-electron chi connectivity index (χ1n) is 4.99. The van der Waals surface area contributed by atoms with Gasteiger partial charge in [0.2, 0.25) is 0 Å². The highest BCUT2D eigenvalue weighted by molar-refractivity contribution is 5.13. The van der Waals surface area contributed by atoms with Crippen molar-refractivity contribution < 1.29 is 9.47 Å². The Hall–Kier alpha value is -1.30. The minimum atomic E-state index is 0.0681. The van der Waals surface area contributed by atoms with Crippen molar-refractivity contribution in [2.24, 2.45) is 0 Å². The molecule has 0 aliphatic carbocycles. The Morgan fingerprint density at radius 3 is 2.73 bits per heavy atom.